The lowest BCUT2D eigenvalue weighted by Gasteiger charge is -2.33. The molecule has 0 radical (unpaired) electrons. The fraction of sp³-hybridized carbons (Fsp3) is 0.363. The van der Waals surface area contributed by atoms with Crippen molar-refractivity contribution in [2.24, 2.45) is 0 Å². The topological polar surface area (TPSA) is 195 Å². The van der Waals surface area contributed by atoms with Gasteiger partial charge < -0.3 is 28.9 Å². The van der Waals surface area contributed by atoms with E-state index in [1.165, 1.54) is 130 Å². The van der Waals surface area contributed by atoms with Crippen LogP contribution in [0.2, 0.25) is 0 Å². The van der Waals surface area contributed by atoms with Gasteiger partial charge in [-0.1, -0.05) is 273 Å². The zero-order valence-corrected chi connectivity index (χ0v) is 82.7. The highest BCUT2D eigenvalue weighted by molar-refractivity contribution is 7.97. The van der Waals surface area contributed by atoms with Crippen molar-refractivity contribution in [3.05, 3.63) is 347 Å². The van der Waals surface area contributed by atoms with Gasteiger partial charge in [0, 0.05) is 17.0 Å². The van der Waals surface area contributed by atoms with Gasteiger partial charge in [0.05, 0.1) is 86.5 Å². The number of hydrogen-bond donors (Lipinski definition) is 1. The molecule has 0 atom stereocenters. The predicted octanol–water partition coefficient (Wildman–Crippen LogP) is 30.3. The molecule has 0 saturated heterocycles. The van der Waals surface area contributed by atoms with Gasteiger partial charge >= 0.3 is 12.4 Å². The second kappa shape index (κ2) is 52.4. The molecular formula is C113H124F6O12S6. The molecule has 12 aromatic carbocycles. The van der Waals surface area contributed by atoms with E-state index in [1.54, 1.807) is 14.2 Å². The first kappa shape index (κ1) is 105. The highest BCUT2D eigenvalue weighted by Crippen LogP contribution is 2.50. The Morgan fingerprint density at radius 2 is 0.555 bits per heavy atom. The van der Waals surface area contributed by atoms with Crippen LogP contribution in [0.15, 0.2) is 356 Å². The van der Waals surface area contributed by atoms with Gasteiger partial charge in [-0.25, -0.2) is 16.8 Å². The van der Waals surface area contributed by atoms with Crippen LogP contribution in [0.3, 0.4) is 0 Å². The molecular weight excluding hydrogens is 1860 g/mol. The Kier molecular flexibility index (Phi) is 40.2. The molecule has 1 N–H and O–H groups in total. The van der Waals surface area contributed by atoms with Crippen molar-refractivity contribution in [1.82, 2.24) is 0 Å². The molecule has 6 aliphatic carbocycles. The summed E-state index contributed by atoms with van der Waals surface area (Å²) < 4.78 is 164. The van der Waals surface area contributed by atoms with Crippen LogP contribution in [0.25, 0.3) is 0 Å². The van der Waals surface area contributed by atoms with Crippen molar-refractivity contribution in [3.63, 3.8) is 0 Å². The van der Waals surface area contributed by atoms with E-state index in [9.17, 15) is 62.6 Å². The zero-order chi connectivity index (χ0) is 96.6. The highest BCUT2D eigenvalue weighted by atomic mass is 32.2. The molecule has 0 amide bonds. The van der Waals surface area contributed by atoms with Gasteiger partial charge in [-0.2, -0.15) is 30.7 Å². The molecule has 18 rings (SSSR count). The fourth-order valence-electron chi connectivity index (χ4n) is 20.0. The third-order valence-corrected chi connectivity index (χ3v) is 35.8. The number of methoxy groups -OCH3 is 2. The van der Waals surface area contributed by atoms with Gasteiger partial charge in [-0.15, -0.1) is 0 Å². The van der Waals surface area contributed by atoms with Crippen LogP contribution in [0.1, 0.15) is 278 Å². The van der Waals surface area contributed by atoms with Crippen molar-refractivity contribution in [2.75, 3.05) is 14.2 Å². The maximum atomic E-state index is 12.5. The molecule has 0 bridgehead atoms. The van der Waals surface area contributed by atoms with Crippen LogP contribution < -0.4 is 14.7 Å². The standard InChI is InChI=1S/2C24H36O3S.C21H21O3S.2C18H15S.C8H4F6O3S/c2*25-28(26,27)24-22(19-12-6-2-7-13-19)16-21(18-10-4-1-5-11-18)17-23(24)20-14-8-3-9-15-20;1-23-17-7-4-10-20(13-17)25(19-9-3-6-16(12-19)15-22)21-11-5-8-18(14-21)24-2;2*1-4-10-16(11-5-1)19(17-12-6-2-7-13-17)18-14-8-3-9-15-18;9-7(10,11)4-1-5(8(12,13)14)3-6(2-4)18-17-16-15/h2*16-20H,1-15H2,(H,25,26,27);3-14,22H,15H2,1-2H3;2*1-15H;1-3,15H/q;;3*+1;/p-3. The summed E-state index contributed by atoms with van der Waals surface area (Å²) >= 11 is -0.0537. The van der Waals surface area contributed by atoms with Gasteiger partial charge in [0.15, 0.2) is 44.1 Å². The fourth-order valence-corrected chi connectivity index (χ4v) is 28.9. The summed E-state index contributed by atoms with van der Waals surface area (Å²) in [6.45, 7) is 0.0290. The van der Waals surface area contributed by atoms with Crippen molar-refractivity contribution in [3.8, 4) is 11.5 Å². The van der Waals surface area contributed by atoms with E-state index in [4.69, 9.17) is 9.47 Å². The molecule has 6 saturated carbocycles. The number of ether oxygens (including phenoxy) is 2. The summed E-state index contributed by atoms with van der Waals surface area (Å²) in [7, 11) is -5.92. The van der Waals surface area contributed by atoms with E-state index in [0.29, 0.717) is 24.0 Å². The molecule has 0 spiro atoms. The SMILES string of the molecule is COc1cccc([S+](c2cccc(CO)c2)c2cccc(OC)c2)c1.O=S(=O)([O-])c1c(C2CCCCC2)cc(C2CCCCC2)cc1C1CCCCC1.O=S(=O)([O-])c1c(C2CCCCC2)cc(C2CCCCC2)cc1C1CCCCC1.[O-]OOSc1cc(C(F)(F)F)cc(C(F)(F)F)c1.c1ccc([S+](c2ccccc2)c2ccccc2)cc1.c1ccc([S+](c2ccccc2)c2ccccc2)cc1. The van der Waals surface area contributed by atoms with Crippen LogP contribution >= 0.6 is 12.0 Å². The maximum absolute atomic E-state index is 12.5. The van der Waals surface area contributed by atoms with E-state index in [0.717, 1.165) is 157 Å². The number of benzene rings is 12. The monoisotopic (exact) mass is 1980 g/mol. The van der Waals surface area contributed by atoms with Gasteiger partial charge in [-0.05, 0) is 279 Å². The third-order valence-electron chi connectivity index (χ3n) is 26.6. The average molecular weight is 1980 g/mol. The molecule has 12 nitrogen and oxygen atoms in total. The van der Waals surface area contributed by atoms with E-state index >= 15 is 0 Å². The van der Waals surface area contributed by atoms with Crippen LogP contribution in [-0.2, 0) is 81.3 Å². The lowest BCUT2D eigenvalue weighted by Crippen LogP contribution is -2.18. The van der Waals surface area contributed by atoms with E-state index < -0.39 is 48.6 Å². The summed E-state index contributed by atoms with van der Waals surface area (Å²) in [5.41, 5.74) is 4.10. The minimum atomic E-state index is -4.95. The first-order valence-electron chi connectivity index (χ1n) is 48.1. The minimum absolute atomic E-state index is 0.0146. The summed E-state index contributed by atoms with van der Waals surface area (Å²) in [6, 6.07) is 98.0. The quantitative estimate of drug-likeness (QED) is 0.0159. The lowest BCUT2D eigenvalue weighted by atomic mass is 9.76. The van der Waals surface area contributed by atoms with E-state index in [-0.39, 0.29) is 90.9 Å². The summed E-state index contributed by atoms with van der Waals surface area (Å²) in [6.07, 6.45) is 25.0. The summed E-state index contributed by atoms with van der Waals surface area (Å²) in [4.78, 5) is 11.4. The molecule has 0 heterocycles. The Hall–Kier alpha value is -9.12. The van der Waals surface area contributed by atoms with Crippen LogP contribution in [0.5, 0.6) is 11.5 Å². The molecule has 726 valence electrons. The summed E-state index contributed by atoms with van der Waals surface area (Å²) in [5.74, 6) is 3.74. The Labute approximate surface area is 819 Å². The highest BCUT2D eigenvalue weighted by Gasteiger charge is 2.40. The van der Waals surface area contributed by atoms with Crippen molar-refractivity contribution in [2.45, 2.75) is 306 Å². The van der Waals surface area contributed by atoms with Gasteiger partial charge in [0.2, 0.25) is 0 Å². The van der Waals surface area contributed by atoms with Crippen molar-refractivity contribution < 1.29 is 81.5 Å². The normalized spacial score (nSPS) is 16.3. The Morgan fingerprint density at radius 3 is 0.796 bits per heavy atom. The molecule has 24 heteroatoms. The Balaban J connectivity index is 0.000000140. The molecule has 137 heavy (non-hydrogen) atoms. The van der Waals surface area contributed by atoms with Crippen LogP contribution in [-0.4, -0.2) is 45.3 Å². The predicted molar refractivity (Wildman–Crippen MR) is 532 cm³/mol. The van der Waals surface area contributed by atoms with Crippen molar-refractivity contribution in [1.29, 1.82) is 0 Å². The van der Waals surface area contributed by atoms with E-state index in [1.807, 2.05) is 36.4 Å². The molecule has 0 aliphatic heterocycles. The lowest BCUT2D eigenvalue weighted by molar-refractivity contribution is -0.777. The molecule has 6 fully saturated rings. The number of alkyl halides is 6. The second-order valence-electron chi connectivity index (χ2n) is 35.9. The average Bonchev–Trinajstić information content (AvgIpc) is 0.760. The molecule has 0 unspecified atom stereocenters. The van der Waals surface area contributed by atoms with Crippen LogP contribution in [0, 0.1) is 0 Å². The molecule has 12 aromatic rings. The first-order valence-corrected chi connectivity index (χ1v) is 55.3. The number of aliphatic hydroxyl groups is 1. The van der Waals surface area contributed by atoms with Crippen molar-refractivity contribution >= 4 is 65.0 Å². The Bertz CT molecular complexity index is 5250. The summed E-state index contributed by atoms with van der Waals surface area (Å²) in [5, 5.41) is 21.8. The van der Waals surface area contributed by atoms with Gasteiger partial charge in [-0.3, -0.25) is 5.04 Å². The van der Waals surface area contributed by atoms with Gasteiger partial charge in [0.1, 0.15) is 31.7 Å². The minimum Gasteiger partial charge on any atom is -0.744 e. The molecule has 6 aliphatic rings. The maximum Gasteiger partial charge on any atom is 0.416 e. The number of rotatable bonds is 23. The molecule has 0 aromatic heterocycles. The zero-order valence-electron chi connectivity index (χ0n) is 77.8. The third kappa shape index (κ3) is 30.5. The number of hydrogen-bond acceptors (Lipinski definition) is 13. The Morgan fingerprint density at radius 1 is 0.314 bits per heavy atom. The second-order valence-corrected chi connectivity index (χ2v) is 45.4. The van der Waals surface area contributed by atoms with Crippen LogP contribution in [0.4, 0.5) is 26.3 Å². The van der Waals surface area contributed by atoms with E-state index in [2.05, 4.69) is 252 Å². The number of halogens is 6. The number of aliphatic hydroxyl groups excluding tert-OH is 1. The smallest absolute Gasteiger partial charge is 0.416 e. The van der Waals surface area contributed by atoms with Gasteiger partial charge in [0.25, 0.3) is 0 Å². The largest absolute Gasteiger partial charge is 0.744 e. The first-order chi connectivity index (χ1) is 66.4.